The van der Waals surface area contributed by atoms with E-state index < -0.39 is 5.97 Å². The van der Waals surface area contributed by atoms with Crippen LogP contribution < -0.4 is 0 Å². The highest BCUT2D eigenvalue weighted by Gasteiger charge is 2.37. The van der Waals surface area contributed by atoms with Crippen LogP contribution >= 0.6 is 0 Å². The summed E-state index contributed by atoms with van der Waals surface area (Å²) in [5, 5.41) is 9.12. The van der Waals surface area contributed by atoms with E-state index in [0.717, 1.165) is 5.56 Å². The monoisotopic (exact) mass is 291 g/mol. The molecule has 1 aromatic carbocycles. The topological polar surface area (TPSA) is 66.8 Å². The van der Waals surface area contributed by atoms with Gasteiger partial charge in [0, 0.05) is 12.1 Å². The molecule has 5 heteroatoms. The number of carboxylic acid groups (broad SMARTS) is 1. The third kappa shape index (κ3) is 3.74. The van der Waals surface area contributed by atoms with Gasteiger partial charge in [0.2, 0.25) is 0 Å². The number of aliphatic carboxylic acids is 1. The summed E-state index contributed by atoms with van der Waals surface area (Å²) < 4.78 is 5.34. The molecule has 21 heavy (non-hydrogen) atoms. The molecule has 0 saturated carbocycles. The van der Waals surface area contributed by atoms with Crippen molar-refractivity contribution in [2.75, 3.05) is 0 Å². The molecular weight excluding hydrogens is 270 g/mol. The van der Waals surface area contributed by atoms with Crippen molar-refractivity contribution in [2.45, 2.75) is 45.4 Å². The Bertz CT molecular complexity index is 490. The summed E-state index contributed by atoms with van der Waals surface area (Å²) in [6.07, 6.45) is 0.572. The first-order chi connectivity index (χ1) is 9.99. The van der Waals surface area contributed by atoms with Gasteiger partial charge in [0.05, 0.1) is 5.92 Å². The Hall–Kier alpha value is -2.04. The fourth-order valence-electron chi connectivity index (χ4n) is 2.94. The minimum Gasteiger partial charge on any atom is -0.481 e. The number of likely N-dealkylation sites (tertiary alicyclic amines) is 1. The maximum atomic E-state index is 12.2. The van der Waals surface area contributed by atoms with E-state index in [4.69, 9.17) is 9.84 Å². The maximum Gasteiger partial charge on any atom is 0.410 e. The molecule has 1 unspecified atom stereocenters. The molecule has 114 valence electrons. The Morgan fingerprint density at radius 1 is 1.19 bits per heavy atom. The van der Waals surface area contributed by atoms with E-state index in [9.17, 15) is 9.59 Å². The lowest BCUT2D eigenvalue weighted by atomic mass is 9.87. The molecule has 0 radical (unpaired) electrons. The summed E-state index contributed by atoms with van der Waals surface area (Å²) in [4.78, 5) is 25.0. The largest absolute Gasteiger partial charge is 0.481 e. The Morgan fingerprint density at radius 2 is 1.76 bits per heavy atom. The Kier molecular flexibility index (Phi) is 4.83. The molecule has 0 bridgehead atoms. The summed E-state index contributed by atoms with van der Waals surface area (Å²) in [6, 6.07) is 9.25. The van der Waals surface area contributed by atoms with Crippen LogP contribution in [-0.4, -0.2) is 34.2 Å². The lowest BCUT2D eigenvalue weighted by Gasteiger charge is -2.40. The number of nitrogens with zero attached hydrogens (tertiary/aromatic N) is 1. The summed E-state index contributed by atoms with van der Waals surface area (Å²) in [5.74, 6) is -1.17. The fraction of sp³-hybridized carbons (Fsp3) is 0.500. The van der Waals surface area contributed by atoms with Crippen LogP contribution in [0.4, 0.5) is 4.79 Å². The number of piperidine rings is 1. The number of carbonyl (C=O) groups is 2. The van der Waals surface area contributed by atoms with E-state index in [1.165, 1.54) is 0 Å². The Labute approximate surface area is 124 Å². The van der Waals surface area contributed by atoms with Crippen LogP contribution in [0.3, 0.4) is 0 Å². The first kappa shape index (κ1) is 15.4. The average Bonchev–Trinajstić information content (AvgIpc) is 2.45. The molecule has 1 heterocycles. The van der Waals surface area contributed by atoms with Crippen LogP contribution in [-0.2, 0) is 16.1 Å². The van der Waals surface area contributed by atoms with Gasteiger partial charge in [-0.3, -0.25) is 4.79 Å². The first-order valence-corrected chi connectivity index (χ1v) is 7.21. The molecule has 1 aromatic rings. The molecular formula is C16H21NO4. The number of ether oxygens (including phenoxy) is 1. The molecule has 0 spiro atoms. The minimum absolute atomic E-state index is 0.127. The number of hydrogen-bond acceptors (Lipinski definition) is 3. The van der Waals surface area contributed by atoms with Crippen LogP contribution in [0.15, 0.2) is 30.3 Å². The highest BCUT2D eigenvalue weighted by molar-refractivity contribution is 5.72. The Balaban J connectivity index is 1.94. The molecule has 1 aliphatic heterocycles. The normalized spacial score (nSPS) is 25.4. The average molecular weight is 291 g/mol. The molecule has 3 atom stereocenters. The van der Waals surface area contributed by atoms with Gasteiger partial charge in [-0.2, -0.15) is 0 Å². The highest BCUT2D eigenvalue weighted by Crippen LogP contribution is 2.28. The lowest BCUT2D eigenvalue weighted by Crippen LogP contribution is -2.51. The Morgan fingerprint density at radius 3 is 2.29 bits per heavy atom. The zero-order valence-electron chi connectivity index (χ0n) is 12.4. The van der Waals surface area contributed by atoms with Gasteiger partial charge in [-0.1, -0.05) is 30.3 Å². The van der Waals surface area contributed by atoms with Crippen molar-refractivity contribution in [3.63, 3.8) is 0 Å². The number of carboxylic acids is 1. The van der Waals surface area contributed by atoms with Gasteiger partial charge < -0.3 is 14.7 Å². The molecule has 0 aromatic heterocycles. The van der Waals surface area contributed by atoms with Gasteiger partial charge >= 0.3 is 12.1 Å². The van der Waals surface area contributed by atoms with Gasteiger partial charge in [-0.15, -0.1) is 0 Å². The third-order valence-electron chi connectivity index (χ3n) is 3.97. The van der Waals surface area contributed by atoms with Gasteiger partial charge in [0.15, 0.2) is 0 Å². The second-order valence-electron chi connectivity index (χ2n) is 5.65. The summed E-state index contributed by atoms with van der Waals surface area (Å²) in [7, 11) is 0. The van der Waals surface area contributed by atoms with Crippen molar-refractivity contribution in [1.29, 1.82) is 0 Å². The molecule has 1 N–H and O–H groups in total. The van der Waals surface area contributed by atoms with Gasteiger partial charge in [0.25, 0.3) is 0 Å². The van der Waals surface area contributed by atoms with Crippen LogP contribution in [0.5, 0.6) is 0 Å². The first-order valence-electron chi connectivity index (χ1n) is 7.21. The SMILES string of the molecule is C[C@@H]1CC(C(=O)O)C[C@H](C)N1C(=O)OCc1ccccc1. The zero-order valence-corrected chi connectivity index (χ0v) is 12.4. The zero-order chi connectivity index (χ0) is 15.4. The molecule has 5 nitrogen and oxygen atoms in total. The molecule has 0 aliphatic carbocycles. The van der Waals surface area contributed by atoms with Crippen LogP contribution in [0, 0.1) is 5.92 Å². The summed E-state index contributed by atoms with van der Waals surface area (Å²) in [5.41, 5.74) is 0.937. The summed E-state index contributed by atoms with van der Waals surface area (Å²) >= 11 is 0. The molecule has 2 rings (SSSR count). The molecule has 1 saturated heterocycles. The summed E-state index contributed by atoms with van der Waals surface area (Å²) in [6.45, 7) is 3.97. The van der Waals surface area contributed by atoms with E-state index in [0.29, 0.717) is 12.8 Å². The number of benzene rings is 1. The van der Waals surface area contributed by atoms with Crippen molar-refractivity contribution in [3.05, 3.63) is 35.9 Å². The van der Waals surface area contributed by atoms with E-state index in [2.05, 4.69) is 0 Å². The third-order valence-corrected chi connectivity index (χ3v) is 3.97. The van der Waals surface area contributed by atoms with Crippen LogP contribution in [0.25, 0.3) is 0 Å². The van der Waals surface area contributed by atoms with Gasteiger partial charge in [-0.25, -0.2) is 4.79 Å². The molecule has 1 aliphatic rings. The van der Waals surface area contributed by atoms with Crippen molar-refractivity contribution < 1.29 is 19.4 Å². The van der Waals surface area contributed by atoms with Crippen molar-refractivity contribution in [3.8, 4) is 0 Å². The van der Waals surface area contributed by atoms with Crippen molar-refractivity contribution in [2.24, 2.45) is 5.92 Å². The minimum atomic E-state index is -0.786. The quantitative estimate of drug-likeness (QED) is 0.930. The second kappa shape index (κ2) is 6.61. The molecule has 1 amide bonds. The van der Waals surface area contributed by atoms with Gasteiger partial charge in [0.1, 0.15) is 6.61 Å². The number of hydrogen-bond donors (Lipinski definition) is 1. The van der Waals surface area contributed by atoms with Crippen molar-refractivity contribution >= 4 is 12.1 Å². The van der Waals surface area contributed by atoms with Crippen molar-refractivity contribution in [1.82, 2.24) is 4.90 Å². The smallest absolute Gasteiger partial charge is 0.410 e. The van der Waals surface area contributed by atoms with Crippen LogP contribution in [0.1, 0.15) is 32.3 Å². The predicted octanol–water partition coefficient (Wildman–Crippen LogP) is 2.90. The standard InChI is InChI=1S/C16H21NO4/c1-11-8-14(15(18)19)9-12(2)17(11)16(20)21-10-13-6-4-3-5-7-13/h3-7,11-12,14H,8-10H2,1-2H3,(H,18,19)/t11-,12+,14?. The van der Waals surface area contributed by atoms with Gasteiger partial charge in [-0.05, 0) is 32.3 Å². The lowest BCUT2D eigenvalue weighted by molar-refractivity contribution is -0.144. The van der Waals surface area contributed by atoms with E-state index in [1.54, 1.807) is 4.90 Å². The van der Waals surface area contributed by atoms with E-state index in [-0.39, 0.29) is 30.7 Å². The predicted molar refractivity (Wildman–Crippen MR) is 77.7 cm³/mol. The highest BCUT2D eigenvalue weighted by atomic mass is 16.6. The van der Waals surface area contributed by atoms with E-state index in [1.807, 2.05) is 44.2 Å². The maximum absolute atomic E-state index is 12.2. The number of rotatable bonds is 3. The number of amides is 1. The van der Waals surface area contributed by atoms with E-state index >= 15 is 0 Å². The fourth-order valence-corrected chi connectivity index (χ4v) is 2.94. The second-order valence-corrected chi connectivity index (χ2v) is 5.65. The van der Waals surface area contributed by atoms with Crippen LogP contribution in [0.2, 0.25) is 0 Å². The number of carbonyl (C=O) groups excluding carboxylic acids is 1. The molecule has 1 fully saturated rings.